The molecule has 1 fully saturated rings. The van der Waals surface area contributed by atoms with Gasteiger partial charge in [-0.3, -0.25) is 13.9 Å². The number of halogens is 1. The molecule has 0 spiro atoms. The number of hydrogen-bond donors (Lipinski definition) is 1. The van der Waals surface area contributed by atoms with Gasteiger partial charge in [-0.1, -0.05) is 50.3 Å². The normalized spacial score (nSPS) is 24.7. The Kier molecular flexibility index (Phi) is 7.09. The summed E-state index contributed by atoms with van der Waals surface area (Å²) in [7, 11) is -0.738. The first-order valence-electron chi connectivity index (χ1n) is 9.58. The standard InChI is InChI=1S/C18H27IN5O6P/c1-9-10(19)17(29-8-31(26,27-5)28-6)30-16(9)24-7-21-11-13(20)22-14(23-15(11)24)12(25)18(2,3)4/h7,9-10,16-17H,8H2,1-6H3,(H2,20,22,23). The number of rotatable bonds is 7. The van der Waals surface area contributed by atoms with E-state index in [-0.39, 0.29) is 33.6 Å². The van der Waals surface area contributed by atoms with Crippen LogP contribution in [0.3, 0.4) is 0 Å². The van der Waals surface area contributed by atoms with E-state index in [2.05, 4.69) is 37.5 Å². The summed E-state index contributed by atoms with van der Waals surface area (Å²) in [6, 6.07) is 0. The molecule has 0 radical (unpaired) electrons. The summed E-state index contributed by atoms with van der Waals surface area (Å²) in [6.45, 7) is 7.37. The Balaban J connectivity index is 1.92. The number of alkyl halides is 1. The maximum Gasteiger partial charge on any atom is 0.355 e. The summed E-state index contributed by atoms with van der Waals surface area (Å²) >= 11 is 2.23. The average Bonchev–Trinajstić information content (AvgIpc) is 3.26. The number of nitrogens with zero attached hydrogens (tertiary/aromatic N) is 4. The van der Waals surface area contributed by atoms with E-state index >= 15 is 0 Å². The number of carbonyl (C=O) groups excluding carboxylic acids is 1. The fourth-order valence-corrected chi connectivity index (χ4v) is 4.52. The molecule has 1 saturated heterocycles. The van der Waals surface area contributed by atoms with Crippen molar-refractivity contribution in [2.75, 3.05) is 26.3 Å². The van der Waals surface area contributed by atoms with Crippen LogP contribution in [0, 0.1) is 11.3 Å². The van der Waals surface area contributed by atoms with E-state index in [0.717, 1.165) is 0 Å². The number of fused-ring (bicyclic) bond motifs is 1. The predicted molar refractivity (Wildman–Crippen MR) is 122 cm³/mol. The highest BCUT2D eigenvalue weighted by Crippen LogP contribution is 2.48. The van der Waals surface area contributed by atoms with Crippen LogP contribution < -0.4 is 5.73 Å². The molecule has 0 amide bonds. The monoisotopic (exact) mass is 567 g/mol. The van der Waals surface area contributed by atoms with E-state index in [0.29, 0.717) is 11.2 Å². The molecule has 4 atom stereocenters. The van der Waals surface area contributed by atoms with Gasteiger partial charge in [0.1, 0.15) is 11.7 Å². The number of imidazole rings is 1. The van der Waals surface area contributed by atoms with Gasteiger partial charge in [-0.05, 0) is 0 Å². The highest BCUT2D eigenvalue weighted by atomic mass is 127. The number of Topliss-reactive ketones (excluding diaryl/α,β-unsaturated/α-hetero) is 1. The molecule has 11 nitrogen and oxygen atoms in total. The third kappa shape index (κ3) is 4.79. The lowest BCUT2D eigenvalue weighted by Crippen LogP contribution is -2.24. The summed E-state index contributed by atoms with van der Waals surface area (Å²) < 4.78 is 35.6. The molecular formula is C18H27IN5O6P. The number of ether oxygens (including phenoxy) is 2. The molecule has 0 bridgehead atoms. The first kappa shape index (κ1) is 24.5. The maximum atomic E-state index is 12.7. The Bertz CT molecular complexity index is 1020. The van der Waals surface area contributed by atoms with E-state index in [1.54, 1.807) is 31.7 Å². The maximum absolute atomic E-state index is 12.7. The van der Waals surface area contributed by atoms with Crippen LogP contribution in [0.4, 0.5) is 5.82 Å². The van der Waals surface area contributed by atoms with Crippen LogP contribution in [0.2, 0.25) is 0 Å². The highest BCUT2D eigenvalue weighted by Gasteiger charge is 2.44. The summed E-state index contributed by atoms with van der Waals surface area (Å²) in [6.07, 6.45) is 0.163. The number of hydrogen-bond acceptors (Lipinski definition) is 10. The van der Waals surface area contributed by atoms with Crippen molar-refractivity contribution in [2.24, 2.45) is 11.3 Å². The van der Waals surface area contributed by atoms with Gasteiger partial charge in [-0.25, -0.2) is 15.0 Å². The van der Waals surface area contributed by atoms with Crippen molar-refractivity contribution >= 4 is 53.0 Å². The van der Waals surface area contributed by atoms with Gasteiger partial charge >= 0.3 is 7.60 Å². The second-order valence-corrected chi connectivity index (χ2v) is 12.0. The molecule has 0 aliphatic carbocycles. The lowest BCUT2D eigenvalue weighted by atomic mass is 9.90. The Hall–Kier alpha value is -1.18. The number of ketones is 1. The van der Waals surface area contributed by atoms with Crippen LogP contribution in [0.25, 0.3) is 11.2 Å². The number of aromatic nitrogens is 4. The van der Waals surface area contributed by atoms with E-state index in [1.165, 1.54) is 14.2 Å². The quantitative estimate of drug-likeness (QED) is 0.229. The number of nitrogen functional groups attached to an aromatic ring is 1. The Labute approximate surface area is 194 Å². The lowest BCUT2D eigenvalue weighted by molar-refractivity contribution is -0.140. The molecule has 3 rings (SSSR count). The molecule has 4 unspecified atom stereocenters. The molecule has 1 aliphatic rings. The summed E-state index contributed by atoms with van der Waals surface area (Å²) in [5.74, 6) is -0.0886. The third-order valence-corrected chi connectivity index (χ3v) is 8.35. The highest BCUT2D eigenvalue weighted by molar-refractivity contribution is 14.1. The molecular weight excluding hydrogens is 540 g/mol. The van der Waals surface area contributed by atoms with Crippen LogP contribution in [0.5, 0.6) is 0 Å². The van der Waals surface area contributed by atoms with E-state index < -0.39 is 25.5 Å². The molecule has 0 saturated carbocycles. The van der Waals surface area contributed by atoms with Gasteiger partial charge in [0.05, 0.1) is 10.3 Å². The van der Waals surface area contributed by atoms with Crippen molar-refractivity contribution in [1.29, 1.82) is 0 Å². The van der Waals surface area contributed by atoms with Crippen molar-refractivity contribution in [3.8, 4) is 0 Å². The van der Waals surface area contributed by atoms with Crippen molar-refractivity contribution in [2.45, 2.75) is 44.1 Å². The van der Waals surface area contributed by atoms with Gasteiger partial charge in [-0.15, -0.1) is 0 Å². The van der Waals surface area contributed by atoms with Gasteiger partial charge in [0.25, 0.3) is 0 Å². The van der Waals surface area contributed by atoms with Crippen LogP contribution in [0.1, 0.15) is 44.5 Å². The largest absolute Gasteiger partial charge is 0.382 e. The van der Waals surface area contributed by atoms with E-state index in [4.69, 9.17) is 24.3 Å². The first-order valence-corrected chi connectivity index (χ1v) is 12.6. The summed E-state index contributed by atoms with van der Waals surface area (Å²) in [5, 5.41) is 0. The molecule has 2 aromatic heterocycles. The zero-order valence-corrected chi connectivity index (χ0v) is 21.3. The number of anilines is 1. The predicted octanol–water partition coefficient (Wildman–Crippen LogP) is 3.39. The lowest BCUT2D eigenvalue weighted by Gasteiger charge is -2.19. The molecule has 3 heterocycles. The number of carbonyl (C=O) groups is 1. The van der Waals surface area contributed by atoms with Crippen LogP contribution in [-0.4, -0.2) is 56.1 Å². The number of nitrogens with two attached hydrogens (primary N) is 1. The minimum absolute atomic E-state index is 0.0227. The zero-order chi connectivity index (χ0) is 23.1. The smallest absolute Gasteiger partial charge is 0.355 e. The molecule has 0 aromatic carbocycles. The minimum Gasteiger partial charge on any atom is -0.382 e. The topological polar surface area (TPSA) is 141 Å². The molecule has 2 N–H and O–H groups in total. The van der Waals surface area contributed by atoms with Gasteiger partial charge in [0, 0.05) is 25.6 Å². The van der Waals surface area contributed by atoms with Gasteiger partial charge in [0.2, 0.25) is 11.6 Å². The molecule has 2 aromatic rings. The van der Waals surface area contributed by atoms with Crippen LogP contribution in [0.15, 0.2) is 6.33 Å². The molecule has 13 heteroatoms. The summed E-state index contributed by atoms with van der Waals surface area (Å²) in [4.78, 5) is 25.6. The van der Waals surface area contributed by atoms with Crippen molar-refractivity contribution in [3.05, 3.63) is 12.2 Å². The first-order chi connectivity index (χ1) is 14.4. The van der Waals surface area contributed by atoms with Crippen molar-refractivity contribution < 1.29 is 27.9 Å². The van der Waals surface area contributed by atoms with Crippen LogP contribution in [-0.2, 0) is 23.1 Å². The second-order valence-electron chi connectivity index (χ2n) is 8.31. The average molecular weight is 567 g/mol. The van der Waals surface area contributed by atoms with Gasteiger partial charge < -0.3 is 24.3 Å². The SMILES string of the molecule is COP(=O)(COC1OC(n2cnc3c(N)nc(C(=O)C(C)(C)C)nc32)C(C)C1I)OC. The zero-order valence-electron chi connectivity index (χ0n) is 18.2. The van der Waals surface area contributed by atoms with E-state index in [1.807, 2.05) is 6.92 Å². The fraction of sp³-hybridized carbons (Fsp3) is 0.667. The van der Waals surface area contributed by atoms with Gasteiger partial charge in [-0.2, -0.15) is 0 Å². The second kappa shape index (κ2) is 8.99. The van der Waals surface area contributed by atoms with Crippen LogP contribution >= 0.6 is 30.2 Å². The Morgan fingerprint density at radius 1 is 1.32 bits per heavy atom. The third-order valence-electron chi connectivity index (χ3n) is 5.05. The Morgan fingerprint density at radius 3 is 2.55 bits per heavy atom. The fourth-order valence-electron chi connectivity index (χ4n) is 3.10. The van der Waals surface area contributed by atoms with Crippen molar-refractivity contribution in [1.82, 2.24) is 19.5 Å². The molecule has 172 valence electrons. The van der Waals surface area contributed by atoms with E-state index in [9.17, 15) is 9.36 Å². The molecule has 1 aliphatic heterocycles. The van der Waals surface area contributed by atoms with Gasteiger partial charge in [0.15, 0.2) is 24.1 Å². The molecule has 31 heavy (non-hydrogen) atoms. The minimum atomic E-state index is -3.34. The summed E-state index contributed by atoms with van der Waals surface area (Å²) in [5.41, 5.74) is 6.19. The van der Waals surface area contributed by atoms with Crippen molar-refractivity contribution in [3.63, 3.8) is 0 Å². The Morgan fingerprint density at radius 2 is 1.97 bits per heavy atom.